The van der Waals surface area contributed by atoms with Gasteiger partial charge in [-0.05, 0) is 36.2 Å². The maximum Gasteiger partial charge on any atom is 0.251 e. The minimum atomic E-state index is -0.0730. The second-order valence-electron chi connectivity index (χ2n) is 6.61. The minimum Gasteiger partial charge on any atom is -0.369 e. The summed E-state index contributed by atoms with van der Waals surface area (Å²) in [4.78, 5) is 18.3. The normalized spacial score (nSPS) is 16.9. The van der Waals surface area contributed by atoms with Gasteiger partial charge in [0.15, 0.2) is 5.96 Å². The highest BCUT2D eigenvalue weighted by Crippen LogP contribution is 2.19. The number of nitrogens with one attached hydrogen (secondary N) is 3. The third-order valence-corrected chi connectivity index (χ3v) is 4.78. The highest BCUT2D eigenvalue weighted by atomic mass is 16.1. The van der Waals surface area contributed by atoms with E-state index in [9.17, 15) is 4.79 Å². The maximum atomic E-state index is 11.6. The van der Waals surface area contributed by atoms with Crippen molar-refractivity contribution in [1.82, 2.24) is 16.0 Å². The van der Waals surface area contributed by atoms with Crippen molar-refractivity contribution in [3.63, 3.8) is 0 Å². The Balaban J connectivity index is 1.49. The van der Waals surface area contributed by atoms with E-state index in [0.717, 1.165) is 31.0 Å². The molecule has 0 spiro atoms. The van der Waals surface area contributed by atoms with Crippen LogP contribution < -0.4 is 20.9 Å². The smallest absolute Gasteiger partial charge is 0.251 e. The average Bonchev–Trinajstić information content (AvgIpc) is 3.20. The van der Waals surface area contributed by atoms with Gasteiger partial charge in [0, 0.05) is 51.0 Å². The van der Waals surface area contributed by atoms with Gasteiger partial charge in [-0.25, -0.2) is 0 Å². The molecule has 6 heteroatoms. The Morgan fingerprint density at radius 3 is 2.56 bits per heavy atom. The first-order chi connectivity index (χ1) is 13.2. The molecule has 1 fully saturated rings. The number of hydrogen-bond donors (Lipinski definition) is 3. The average molecular weight is 365 g/mol. The van der Waals surface area contributed by atoms with E-state index in [2.05, 4.69) is 50.1 Å². The Kier molecular flexibility index (Phi) is 6.30. The third kappa shape index (κ3) is 5.00. The van der Waals surface area contributed by atoms with Crippen LogP contribution in [0.1, 0.15) is 22.3 Å². The van der Waals surface area contributed by atoms with E-state index in [1.807, 2.05) is 30.3 Å². The van der Waals surface area contributed by atoms with Crippen molar-refractivity contribution in [2.75, 3.05) is 32.1 Å². The second-order valence-corrected chi connectivity index (χ2v) is 6.61. The van der Waals surface area contributed by atoms with Crippen molar-refractivity contribution in [3.05, 3.63) is 65.7 Å². The van der Waals surface area contributed by atoms with Gasteiger partial charge in [-0.3, -0.25) is 9.79 Å². The molecular weight excluding hydrogens is 338 g/mol. The summed E-state index contributed by atoms with van der Waals surface area (Å²) in [6.07, 6.45) is 1.08. The topological polar surface area (TPSA) is 68.8 Å². The van der Waals surface area contributed by atoms with Crippen LogP contribution in [-0.4, -0.2) is 45.1 Å². The SMILES string of the molecule is CN=C(NCc1ccc(C(=O)NC)cc1)NC1CCN(c2ccccc2)C1. The fourth-order valence-corrected chi connectivity index (χ4v) is 3.24. The van der Waals surface area contributed by atoms with Crippen molar-refractivity contribution in [2.45, 2.75) is 19.0 Å². The molecule has 2 aromatic rings. The van der Waals surface area contributed by atoms with E-state index in [4.69, 9.17) is 0 Å². The summed E-state index contributed by atoms with van der Waals surface area (Å²) in [6, 6.07) is 18.4. The number of para-hydroxylation sites is 1. The lowest BCUT2D eigenvalue weighted by atomic mass is 10.1. The number of rotatable bonds is 5. The molecule has 2 aromatic carbocycles. The number of aliphatic imine (C=N–C) groups is 1. The number of carbonyl (C=O) groups is 1. The Labute approximate surface area is 160 Å². The molecular formula is C21H27N5O. The molecule has 0 aromatic heterocycles. The lowest BCUT2D eigenvalue weighted by Gasteiger charge is -2.20. The van der Waals surface area contributed by atoms with Crippen LogP contribution in [0.3, 0.4) is 0 Å². The number of anilines is 1. The molecule has 0 saturated carbocycles. The summed E-state index contributed by atoms with van der Waals surface area (Å²) in [7, 11) is 3.42. The lowest BCUT2D eigenvalue weighted by molar-refractivity contribution is 0.0963. The van der Waals surface area contributed by atoms with E-state index < -0.39 is 0 Å². The lowest BCUT2D eigenvalue weighted by Crippen LogP contribution is -2.44. The number of amides is 1. The Morgan fingerprint density at radius 1 is 1.15 bits per heavy atom. The number of guanidine groups is 1. The van der Waals surface area contributed by atoms with Crippen LogP contribution in [0.15, 0.2) is 59.6 Å². The summed E-state index contributed by atoms with van der Waals surface area (Å²) in [5, 5.41) is 9.49. The summed E-state index contributed by atoms with van der Waals surface area (Å²) < 4.78 is 0. The van der Waals surface area contributed by atoms with Gasteiger partial charge in [-0.15, -0.1) is 0 Å². The molecule has 0 bridgehead atoms. The van der Waals surface area contributed by atoms with Crippen LogP contribution in [0, 0.1) is 0 Å². The minimum absolute atomic E-state index is 0.0730. The molecule has 0 aliphatic carbocycles. The molecule has 1 amide bonds. The van der Waals surface area contributed by atoms with E-state index in [1.54, 1.807) is 14.1 Å². The zero-order chi connectivity index (χ0) is 19.1. The summed E-state index contributed by atoms with van der Waals surface area (Å²) in [5.74, 6) is 0.724. The standard InChI is InChI=1S/C21H27N5O/c1-22-20(27)17-10-8-16(9-11-17)14-24-21(23-2)25-18-12-13-26(15-18)19-6-4-3-5-7-19/h3-11,18H,12-15H2,1-2H3,(H,22,27)(H2,23,24,25). The highest BCUT2D eigenvalue weighted by molar-refractivity contribution is 5.93. The Morgan fingerprint density at radius 2 is 1.89 bits per heavy atom. The van der Waals surface area contributed by atoms with Crippen molar-refractivity contribution in [1.29, 1.82) is 0 Å². The Bertz CT molecular complexity index is 773. The predicted molar refractivity (Wildman–Crippen MR) is 110 cm³/mol. The van der Waals surface area contributed by atoms with Crippen LogP contribution >= 0.6 is 0 Å². The van der Waals surface area contributed by atoms with Gasteiger partial charge in [-0.1, -0.05) is 30.3 Å². The fourth-order valence-electron chi connectivity index (χ4n) is 3.24. The van der Waals surface area contributed by atoms with Gasteiger partial charge in [0.1, 0.15) is 0 Å². The first kappa shape index (κ1) is 18.8. The first-order valence-corrected chi connectivity index (χ1v) is 9.28. The summed E-state index contributed by atoms with van der Waals surface area (Å²) >= 11 is 0. The monoisotopic (exact) mass is 365 g/mol. The molecule has 1 saturated heterocycles. The molecule has 0 radical (unpaired) electrons. The van der Waals surface area contributed by atoms with Gasteiger partial charge in [0.25, 0.3) is 5.91 Å². The van der Waals surface area contributed by atoms with Gasteiger partial charge < -0.3 is 20.9 Å². The Hall–Kier alpha value is -3.02. The number of nitrogens with zero attached hydrogens (tertiary/aromatic N) is 2. The van der Waals surface area contributed by atoms with E-state index in [-0.39, 0.29) is 5.91 Å². The van der Waals surface area contributed by atoms with Crippen LogP contribution in [0.25, 0.3) is 0 Å². The van der Waals surface area contributed by atoms with Gasteiger partial charge in [-0.2, -0.15) is 0 Å². The van der Waals surface area contributed by atoms with Crippen LogP contribution in [-0.2, 0) is 6.54 Å². The maximum absolute atomic E-state index is 11.6. The van der Waals surface area contributed by atoms with Gasteiger partial charge in [0.05, 0.1) is 0 Å². The van der Waals surface area contributed by atoms with Crippen molar-refractivity contribution < 1.29 is 4.79 Å². The predicted octanol–water partition coefficient (Wildman–Crippen LogP) is 1.99. The first-order valence-electron chi connectivity index (χ1n) is 9.28. The molecule has 3 N–H and O–H groups in total. The molecule has 27 heavy (non-hydrogen) atoms. The fraction of sp³-hybridized carbons (Fsp3) is 0.333. The van der Waals surface area contributed by atoms with Gasteiger partial charge in [0.2, 0.25) is 0 Å². The summed E-state index contributed by atoms with van der Waals surface area (Å²) in [6.45, 7) is 2.66. The highest BCUT2D eigenvalue weighted by Gasteiger charge is 2.23. The molecule has 1 atom stereocenters. The molecule has 1 heterocycles. The number of hydrogen-bond acceptors (Lipinski definition) is 3. The van der Waals surface area contributed by atoms with Gasteiger partial charge >= 0.3 is 0 Å². The molecule has 3 rings (SSSR count). The zero-order valence-electron chi connectivity index (χ0n) is 15.9. The molecule has 6 nitrogen and oxygen atoms in total. The van der Waals surface area contributed by atoms with Crippen molar-refractivity contribution >= 4 is 17.6 Å². The van der Waals surface area contributed by atoms with Crippen LogP contribution in [0.2, 0.25) is 0 Å². The number of benzene rings is 2. The largest absolute Gasteiger partial charge is 0.369 e. The van der Waals surface area contributed by atoms with Crippen molar-refractivity contribution in [3.8, 4) is 0 Å². The number of carbonyl (C=O) groups excluding carboxylic acids is 1. The van der Waals surface area contributed by atoms with Crippen LogP contribution in [0.4, 0.5) is 5.69 Å². The van der Waals surface area contributed by atoms with E-state index in [1.165, 1.54) is 5.69 Å². The quantitative estimate of drug-likeness (QED) is 0.560. The molecule has 142 valence electrons. The van der Waals surface area contributed by atoms with E-state index >= 15 is 0 Å². The van der Waals surface area contributed by atoms with Crippen molar-refractivity contribution in [2.24, 2.45) is 4.99 Å². The third-order valence-electron chi connectivity index (χ3n) is 4.78. The van der Waals surface area contributed by atoms with Crippen LogP contribution in [0.5, 0.6) is 0 Å². The second kappa shape index (κ2) is 9.07. The molecule has 1 unspecified atom stereocenters. The zero-order valence-corrected chi connectivity index (χ0v) is 15.9. The van der Waals surface area contributed by atoms with E-state index in [0.29, 0.717) is 18.2 Å². The molecule has 1 aliphatic rings. The summed E-state index contributed by atoms with van der Waals surface area (Å²) in [5.41, 5.74) is 3.03. The molecule has 1 aliphatic heterocycles.